The number of carbonyl (C=O) groups excluding carboxylic acids is 2. The van der Waals surface area contributed by atoms with Gasteiger partial charge in [0.15, 0.2) is 0 Å². The number of anilines is 1. The van der Waals surface area contributed by atoms with Crippen LogP contribution in [0.3, 0.4) is 0 Å². The summed E-state index contributed by atoms with van der Waals surface area (Å²) >= 11 is 0. The van der Waals surface area contributed by atoms with Gasteiger partial charge in [0.2, 0.25) is 5.91 Å². The fourth-order valence-corrected chi connectivity index (χ4v) is 4.77. The van der Waals surface area contributed by atoms with Gasteiger partial charge in [-0.25, -0.2) is 18.6 Å². The second-order valence-corrected chi connectivity index (χ2v) is 8.96. The van der Waals surface area contributed by atoms with Crippen molar-refractivity contribution in [2.24, 2.45) is 0 Å². The van der Waals surface area contributed by atoms with E-state index in [9.17, 15) is 9.59 Å². The third kappa shape index (κ3) is 4.51. The molecule has 2 aliphatic heterocycles. The number of hydrogen-bond donors (Lipinski definition) is 1. The van der Waals surface area contributed by atoms with Gasteiger partial charge < -0.3 is 29.0 Å². The smallest absolute Gasteiger partial charge is 0.409 e. The van der Waals surface area contributed by atoms with Crippen LogP contribution in [-0.4, -0.2) is 78.8 Å². The number of pyridine rings is 1. The van der Waals surface area contributed by atoms with Crippen LogP contribution in [0.4, 0.5) is 19.3 Å². The van der Waals surface area contributed by atoms with Crippen LogP contribution in [-0.2, 0) is 20.7 Å². The molecule has 9 nitrogen and oxygen atoms in total. The molecular formula is C25H27F2N5O4. The predicted octanol–water partition coefficient (Wildman–Crippen LogP) is 2.53. The number of hydrogen-bond acceptors (Lipinski definition) is 6. The lowest BCUT2D eigenvalue weighted by Gasteiger charge is -2.32. The molecule has 0 radical (unpaired) electrons. The van der Waals surface area contributed by atoms with Gasteiger partial charge in [-0.15, -0.1) is 0 Å². The van der Waals surface area contributed by atoms with Gasteiger partial charge in [0, 0.05) is 37.9 Å². The average molecular weight is 500 g/mol. The Hall–Kier alpha value is -3.57. The Labute approximate surface area is 206 Å². The van der Waals surface area contributed by atoms with Crippen LogP contribution in [0.5, 0.6) is 0 Å². The molecule has 1 atom stereocenters. The minimum atomic E-state index is -0.807. The molecule has 1 N–H and O–H groups in total. The lowest BCUT2D eigenvalue weighted by Crippen LogP contribution is -2.48. The molecule has 0 saturated carbocycles. The Morgan fingerprint density at radius 1 is 1.25 bits per heavy atom. The Morgan fingerprint density at radius 3 is 2.75 bits per heavy atom. The third-order valence-electron chi connectivity index (χ3n) is 6.54. The largest absolute Gasteiger partial charge is 0.453 e. The number of methoxy groups -OCH3 is 1. The number of ether oxygens (including phenoxy) is 2. The number of carbonyl (C=O) groups is 2. The molecule has 0 spiro atoms. The number of fused-ring (bicyclic) bond motifs is 1. The summed E-state index contributed by atoms with van der Waals surface area (Å²) in [5.74, 6) is -1.86. The summed E-state index contributed by atoms with van der Waals surface area (Å²) in [7, 11) is 1.32. The molecule has 0 aliphatic carbocycles. The number of imidazole rings is 1. The van der Waals surface area contributed by atoms with Crippen molar-refractivity contribution < 1.29 is 27.8 Å². The minimum Gasteiger partial charge on any atom is -0.453 e. The van der Waals surface area contributed by atoms with Gasteiger partial charge in [0.1, 0.15) is 17.3 Å². The molecule has 36 heavy (non-hydrogen) atoms. The van der Waals surface area contributed by atoms with Crippen LogP contribution in [0.2, 0.25) is 0 Å². The molecule has 2 fully saturated rings. The van der Waals surface area contributed by atoms with Crippen LogP contribution in [0.1, 0.15) is 11.3 Å². The normalized spacial score (nSPS) is 18.7. The third-order valence-corrected chi connectivity index (χ3v) is 6.54. The number of aryl methyl sites for hydroxylation is 1. The van der Waals surface area contributed by atoms with E-state index in [4.69, 9.17) is 9.47 Å². The first kappa shape index (κ1) is 24.1. The molecular weight excluding hydrogens is 472 g/mol. The van der Waals surface area contributed by atoms with Crippen molar-refractivity contribution in [1.29, 1.82) is 0 Å². The molecule has 5 rings (SSSR count). The monoisotopic (exact) mass is 499 g/mol. The number of amides is 2. The predicted molar refractivity (Wildman–Crippen MR) is 128 cm³/mol. The number of halogens is 2. The molecule has 1 aromatic carbocycles. The van der Waals surface area contributed by atoms with Crippen molar-refractivity contribution in [2.75, 3.05) is 51.3 Å². The van der Waals surface area contributed by atoms with Crippen LogP contribution in [0.15, 0.2) is 30.5 Å². The van der Waals surface area contributed by atoms with E-state index in [2.05, 4.69) is 10.3 Å². The molecule has 1 unspecified atom stereocenters. The molecule has 2 aliphatic rings. The molecule has 2 amide bonds. The van der Waals surface area contributed by atoms with Crippen molar-refractivity contribution in [1.82, 2.24) is 19.6 Å². The van der Waals surface area contributed by atoms with Crippen LogP contribution < -0.4 is 10.2 Å². The molecule has 2 aromatic heterocycles. The standard InChI is InChI=1S/C25H27F2N5O4/c1-15-3-5-32-20(12-17-14-30(7-8-36-17)25(34)35-2)24(29-21(32)9-15)23-18(26)10-16(11-19(23)27)31-6-4-28-13-22(31)33/h3,5,9-11,17,28H,4,6-8,12-14H2,1-2H3. The van der Waals surface area contributed by atoms with E-state index in [0.717, 1.165) is 5.56 Å². The zero-order valence-corrected chi connectivity index (χ0v) is 20.1. The topological polar surface area (TPSA) is 88.4 Å². The number of nitrogens with one attached hydrogen (secondary N) is 1. The maximum absolute atomic E-state index is 15.5. The van der Waals surface area contributed by atoms with E-state index < -0.39 is 23.8 Å². The molecule has 11 heteroatoms. The molecule has 4 heterocycles. The van der Waals surface area contributed by atoms with Gasteiger partial charge in [-0.1, -0.05) is 0 Å². The van der Waals surface area contributed by atoms with Gasteiger partial charge in [0.25, 0.3) is 0 Å². The Bertz CT molecular complexity index is 1300. The maximum atomic E-state index is 15.5. The number of rotatable bonds is 4. The minimum absolute atomic E-state index is 0.116. The van der Waals surface area contributed by atoms with E-state index in [0.29, 0.717) is 37.6 Å². The molecule has 2 saturated heterocycles. The second kappa shape index (κ2) is 9.82. The number of benzene rings is 1. The zero-order valence-electron chi connectivity index (χ0n) is 20.1. The number of piperazine rings is 1. The maximum Gasteiger partial charge on any atom is 0.409 e. The number of nitrogens with zero attached hydrogens (tertiary/aromatic N) is 4. The van der Waals surface area contributed by atoms with E-state index in [1.807, 2.05) is 19.1 Å². The highest BCUT2D eigenvalue weighted by Gasteiger charge is 2.30. The van der Waals surface area contributed by atoms with Crippen LogP contribution in [0, 0.1) is 18.6 Å². The van der Waals surface area contributed by atoms with E-state index in [1.54, 1.807) is 15.5 Å². The number of aromatic nitrogens is 2. The lowest BCUT2D eigenvalue weighted by molar-refractivity contribution is -0.118. The first-order valence-electron chi connectivity index (χ1n) is 11.8. The lowest BCUT2D eigenvalue weighted by atomic mass is 10.0. The molecule has 0 bridgehead atoms. The zero-order chi connectivity index (χ0) is 25.4. The van der Waals surface area contributed by atoms with Crippen molar-refractivity contribution in [3.8, 4) is 11.3 Å². The van der Waals surface area contributed by atoms with Crippen molar-refractivity contribution in [3.05, 3.63) is 53.4 Å². The van der Waals surface area contributed by atoms with Gasteiger partial charge in [-0.2, -0.15) is 0 Å². The highest BCUT2D eigenvalue weighted by Crippen LogP contribution is 2.34. The van der Waals surface area contributed by atoms with Gasteiger partial charge in [-0.3, -0.25) is 4.79 Å². The molecule has 3 aromatic rings. The quantitative estimate of drug-likeness (QED) is 0.594. The van der Waals surface area contributed by atoms with Gasteiger partial charge in [0.05, 0.1) is 49.9 Å². The van der Waals surface area contributed by atoms with Gasteiger partial charge >= 0.3 is 6.09 Å². The number of morpholine rings is 1. The highest BCUT2D eigenvalue weighted by molar-refractivity contribution is 5.95. The first-order valence-corrected chi connectivity index (χ1v) is 11.8. The average Bonchev–Trinajstić information content (AvgIpc) is 3.20. The first-order chi connectivity index (χ1) is 17.4. The van der Waals surface area contributed by atoms with Crippen molar-refractivity contribution in [3.63, 3.8) is 0 Å². The summed E-state index contributed by atoms with van der Waals surface area (Å²) in [6, 6.07) is 6.07. The van der Waals surface area contributed by atoms with Crippen molar-refractivity contribution in [2.45, 2.75) is 19.4 Å². The Balaban J connectivity index is 1.55. The summed E-state index contributed by atoms with van der Waals surface area (Å²) in [6.07, 6.45) is 1.21. The summed E-state index contributed by atoms with van der Waals surface area (Å²) < 4.78 is 43.5. The summed E-state index contributed by atoms with van der Waals surface area (Å²) in [4.78, 5) is 31.8. The van der Waals surface area contributed by atoms with E-state index >= 15 is 8.78 Å². The molecule has 190 valence electrons. The second-order valence-electron chi connectivity index (χ2n) is 8.96. The van der Waals surface area contributed by atoms with E-state index in [1.165, 1.54) is 24.1 Å². The SMILES string of the molecule is COC(=O)N1CCOC(Cc2c(-c3c(F)cc(N4CCNCC4=O)cc3F)nc3cc(C)ccn23)C1. The van der Waals surface area contributed by atoms with Crippen molar-refractivity contribution >= 4 is 23.3 Å². The van der Waals surface area contributed by atoms with E-state index in [-0.39, 0.29) is 42.4 Å². The van der Waals surface area contributed by atoms with Gasteiger partial charge in [-0.05, 0) is 36.8 Å². The summed E-state index contributed by atoms with van der Waals surface area (Å²) in [5.41, 5.74) is 2.12. The Kier molecular flexibility index (Phi) is 6.59. The van der Waals surface area contributed by atoms with Crippen LogP contribution in [0.25, 0.3) is 16.9 Å². The summed E-state index contributed by atoms with van der Waals surface area (Å²) in [6.45, 7) is 3.89. The Morgan fingerprint density at radius 2 is 2.03 bits per heavy atom. The fourth-order valence-electron chi connectivity index (χ4n) is 4.77. The highest BCUT2D eigenvalue weighted by atomic mass is 19.1. The fraction of sp³-hybridized carbons (Fsp3) is 0.400. The van der Waals surface area contributed by atoms with Crippen LogP contribution >= 0.6 is 0 Å². The summed E-state index contributed by atoms with van der Waals surface area (Å²) in [5, 5.41) is 2.94.